The molecule has 1 aromatic heterocycles. The molecule has 0 bridgehead atoms. The van der Waals surface area contributed by atoms with Gasteiger partial charge in [0.25, 0.3) is 0 Å². The molecule has 18 heavy (non-hydrogen) atoms. The van der Waals surface area contributed by atoms with Gasteiger partial charge in [-0.05, 0) is 31.5 Å². The zero-order chi connectivity index (χ0) is 13.1. The van der Waals surface area contributed by atoms with Crippen LogP contribution in [0.1, 0.15) is 22.5 Å². The highest BCUT2D eigenvalue weighted by Crippen LogP contribution is 2.19. The van der Waals surface area contributed by atoms with Gasteiger partial charge in [0, 0.05) is 7.05 Å². The monoisotopic (exact) mass is 240 g/mol. The first-order chi connectivity index (χ1) is 8.61. The zero-order valence-corrected chi connectivity index (χ0v) is 10.9. The van der Waals surface area contributed by atoms with E-state index in [0.717, 1.165) is 22.6 Å². The summed E-state index contributed by atoms with van der Waals surface area (Å²) in [5, 5.41) is 16.7. The van der Waals surface area contributed by atoms with Crippen LogP contribution >= 0.6 is 0 Å². The van der Waals surface area contributed by atoms with E-state index < -0.39 is 0 Å². The Kier molecular flexibility index (Phi) is 3.33. The summed E-state index contributed by atoms with van der Waals surface area (Å²) in [5.74, 6) is 0. The van der Waals surface area contributed by atoms with Gasteiger partial charge in [-0.1, -0.05) is 12.1 Å². The Morgan fingerprint density at radius 3 is 2.78 bits per heavy atom. The van der Waals surface area contributed by atoms with Crippen molar-refractivity contribution >= 4 is 5.69 Å². The number of aryl methyl sites for hydroxylation is 3. The molecule has 0 saturated heterocycles. The van der Waals surface area contributed by atoms with Gasteiger partial charge in [-0.15, -0.1) is 0 Å². The second-order valence-electron chi connectivity index (χ2n) is 4.36. The van der Waals surface area contributed by atoms with Gasteiger partial charge in [0.1, 0.15) is 6.07 Å². The normalized spacial score (nSPS) is 10.1. The van der Waals surface area contributed by atoms with Gasteiger partial charge in [0.2, 0.25) is 0 Å². The third-order valence-electron chi connectivity index (χ3n) is 2.94. The van der Waals surface area contributed by atoms with Crippen LogP contribution in [-0.4, -0.2) is 9.78 Å². The van der Waals surface area contributed by atoms with Crippen molar-refractivity contribution in [2.75, 3.05) is 5.32 Å². The summed E-state index contributed by atoms with van der Waals surface area (Å²) in [4.78, 5) is 0. The van der Waals surface area contributed by atoms with Crippen LogP contribution in [0.5, 0.6) is 0 Å². The number of aromatic nitrogens is 2. The number of hydrogen-bond donors (Lipinski definition) is 1. The number of hydrogen-bond acceptors (Lipinski definition) is 3. The van der Waals surface area contributed by atoms with Crippen molar-refractivity contribution in [2.45, 2.75) is 20.4 Å². The number of benzene rings is 1. The standard InChI is InChI=1S/C14H16N4/c1-10-5-4-6-14(13(10)8-15)16-9-12-7-11(2)17-18(12)3/h4-7,16H,9H2,1-3H3. The molecule has 0 aliphatic rings. The zero-order valence-electron chi connectivity index (χ0n) is 10.9. The summed E-state index contributed by atoms with van der Waals surface area (Å²) in [5.41, 5.74) is 4.66. The highest BCUT2D eigenvalue weighted by atomic mass is 15.3. The minimum Gasteiger partial charge on any atom is -0.378 e. The van der Waals surface area contributed by atoms with Gasteiger partial charge in [0.15, 0.2) is 0 Å². The van der Waals surface area contributed by atoms with Crippen molar-refractivity contribution in [1.82, 2.24) is 9.78 Å². The maximum absolute atomic E-state index is 9.15. The third-order valence-corrected chi connectivity index (χ3v) is 2.94. The van der Waals surface area contributed by atoms with Crippen LogP contribution in [0.25, 0.3) is 0 Å². The van der Waals surface area contributed by atoms with Crippen molar-refractivity contribution in [2.24, 2.45) is 7.05 Å². The lowest BCUT2D eigenvalue weighted by molar-refractivity contribution is 0.713. The molecule has 0 atom stereocenters. The summed E-state index contributed by atoms with van der Waals surface area (Å²) in [7, 11) is 1.92. The molecule has 1 aromatic carbocycles. The highest BCUT2D eigenvalue weighted by Gasteiger charge is 2.06. The molecule has 0 amide bonds. The van der Waals surface area contributed by atoms with E-state index in [9.17, 15) is 0 Å². The quantitative estimate of drug-likeness (QED) is 0.896. The fourth-order valence-electron chi connectivity index (χ4n) is 1.98. The molecular weight excluding hydrogens is 224 g/mol. The highest BCUT2D eigenvalue weighted by molar-refractivity contribution is 5.60. The molecule has 1 heterocycles. The largest absolute Gasteiger partial charge is 0.378 e. The Bertz CT molecular complexity index is 605. The van der Waals surface area contributed by atoms with Crippen LogP contribution < -0.4 is 5.32 Å². The first-order valence-corrected chi connectivity index (χ1v) is 5.85. The molecule has 0 spiro atoms. The Labute approximate surface area is 107 Å². The fraction of sp³-hybridized carbons (Fsp3) is 0.286. The summed E-state index contributed by atoms with van der Waals surface area (Å²) < 4.78 is 1.85. The average Bonchev–Trinajstić information content (AvgIpc) is 2.65. The molecule has 92 valence electrons. The van der Waals surface area contributed by atoms with Crippen LogP contribution in [0.3, 0.4) is 0 Å². The molecule has 1 N–H and O–H groups in total. The number of nitrogens with one attached hydrogen (secondary N) is 1. The first-order valence-electron chi connectivity index (χ1n) is 5.85. The Morgan fingerprint density at radius 1 is 1.39 bits per heavy atom. The van der Waals surface area contributed by atoms with Gasteiger partial charge >= 0.3 is 0 Å². The van der Waals surface area contributed by atoms with E-state index in [1.54, 1.807) is 0 Å². The molecule has 0 saturated carbocycles. The molecule has 2 aromatic rings. The second kappa shape index (κ2) is 4.92. The molecule has 0 fully saturated rings. The minimum absolute atomic E-state index is 0.662. The number of anilines is 1. The average molecular weight is 240 g/mol. The number of nitriles is 1. The van der Waals surface area contributed by atoms with Crippen LogP contribution in [-0.2, 0) is 13.6 Å². The molecular formula is C14H16N4. The summed E-state index contributed by atoms with van der Waals surface area (Å²) in [6.45, 7) is 4.57. The number of nitrogens with zero attached hydrogens (tertiary/aromatic N) is 3. The Morgan fingerprint density at radius 2 is 2.17 bits per heavy atom. The lowest BCUT2D eigenvalue weighted by Gasteiger charge is -2.09. The van der Waals surface area contributed by atoms with E-state index in [4.69, 9.17) is 5.26 Å². The van der Waals surface area contributed by atoms with E-state index in [1.807, 2.05) is 49.8 Å². The van der Waals surface area contributed by atoms with Crippen LogP contribution in [0.15, 0.2) is 24.3 Å². The van der Waals surface area contributed by atoms with E-state index in [2.05, 4.69) is 16.5 Å². The molecule has 0 aliphatic heterocycles. The maximum Gasteiger partial charge on any atom is 0.102 e. The van der Waals surface area contributed by atoms with E-state index >= 15 is 0 Å². The lowest BCUT2D eigenvalue weighted by atomic mass is 10.1. The molecule has 0 unspecified atom stereocenters. The Hall–Kier alpha value is -2.28. The predicted molar refractivity (Wildman–Crippen MR) is 71.2 cm³/mol. The van der Waals surface area contributed by atoms with E-state index in [0.29, 0.717) is 12.1 Å². The minimum atomic E-state index is 0.662. The summed E-state index contributed by atoms with van der Waals surface area (Å²) in [6.07, 6.45) is 0. The van der Waals surface area contributed by atoms with Crippen molar-refractivity contribution < 1.29 is 0 Å². The Balaban J connectivity index is 2.19. The first kappa shape index (κ1) is 12.2. The second-order valence-corrected chi connectivity index (χ2v) is 4.36. The van der Waals surface area contributed by atoms with Gasteiger partial charge in [-0.2, -0.15) is 10.4 Å². The smallest absolute Gasteiger partial charge is 0.102 e. The van der Waals surface area contributed by atoms with Crippen molar-refractivity contribution in [1.29, 1.82) is 5.26 Å². The van der Waals surface area contributed by atoms with E-state index in [-0.39, 0.29) is 0 Å². The number of rotatable bonds is 3. The molecule has 0 aliphatic carbocycles. The van der Waals surface area contributed by atoms with Crippen LogP contribution in [0.2, 0.25) is 0 Å². The van der Waals surface area contributed by atoms with Gasteiger partial charge in [-0.25, -0.2) is 0 Å². The molecule has 4 nitrogen and oxygen atoms in total. The predicted octanol–water partition coefficient (Wildman–Crippen LogP) is 2.52. The molecule has 0 radical (unpaired) electrons. The van der Waals surface area contributed by atoms with Crippen molar-refractivity contribution in [3.05, 3.63) is 46.8 Å². The van der Waals surface area contributed by atoms with Crippen LogP contribution in [0.4, 0.5) is 5.69 Å². The summed E-state index contributed by atoms with van der Waals surface area (Å²) >= 11 is 0. The van der Waals surface area contributed by atoms with Crippen molar-refractivity contribution in [3.8, 4) is 6.07 Å². The third kappa shape index (κ3) is 2.35. The van der Waals surface area contributed by atoms with E-state index in [1.165, 1.54) is 0 Å². The molecule has 2 rings (SSSR count). The SMILES string of the molecule is Cc1cc(CNc2cccc(C)c2C#N)n(C)n1. The van der Waals surface area contributed by atoms with Gasteiger partial charge in [0.05, 0.1) is 29.2 Å². The molecule has 4 heteroatoms. The van der Waals surface area contributed by atoms with Gasteiger partial charge < -0.3 is 5.32 Å². The maximum atomic E-state index is 9.15. The van der Waals surface area contributed by atoms with Gasteiger partial charge in [-0.3, -0.25) is 4.68 Å². The topological polar surface area (TPSA) is 53.6 Å². The van der Waals surface area contributed by atoms with Crippen LogP contribution in [0, 0.1) is 25.2 Å². The fourth-order valence-corrected chi connectivity index (χ4v) is 1.98. The lowest BCUT2D eigenvalue weighted by Crippen LogP contribution is -2.06. The van der Waals surface area contributed by atoms with Crippen molar-refractivity contribution in [3.63, 3.8) is 0 Å². The summed E-state index contributed by atoms with van der Waals surface area (Å²) in [6, 6.07) is 10.1.